The SMILES string of the molecule is Fc1ccc(CN(Cc2nc(-c3cccnc3)no2)C2CCOCC2)cc1. The molecule has 0 spiro atoms. The summed E-state index contributed by atoms with van der Waals surface area (Å²) in [5.41, 5.74) is 1.87. The van der Waals surface area contributed by atoms with Crippen molar-refractivity contribution in [2.45, 2.75) is 32.0 Å². The van der Waals surface area contributed by atoms with Crippen molar-refractivity contribution < 1.29 is 13.7 Å². The minimum absolute atomic E-state index is 0.227. The van der Waals surface area contributed by atoms with Gasteiger partial charge in [0.1, 0.15) is 5.82 Å². The van der Waals surface area contributed by atoms with Gasteiger partial charge in [-0.25, -0.2) is 4.39 Å². The number of hydrogen-bond acceptors (Lipinski definition) is 6. The van der Waals surface area contributed by atoms with Gasteiger partial charge in [-0.3, -0.25) is 9.88 Å². The van der Waals surface area contributed by atoms with Gasteiger partial charge in [-0.1, -0.05) is 17.3 Å². The van der Waals surface area contributed by atoms with Gasteiger partial charge < -0.3 is 9.26 Å². The number of nitrogens with zero attached hydrogens (tertiary/aromatic N) is 4. The van der Waals surface area contributed by atoms with Crippen molar-refractivity contribution in [2.24, 2.45) is 0 Å². The minimum Gasteiger partial charge on any atom is -0.381 e. The molecule has 140 valence electrons. The summed E-state index contributed by atoms with van der Waals surface area (Å²) in [6.45, 7) is 2.72. The van der Waals surface area contributed by atoms with Crippen LogP contribution < -0.4 is 0 Å². The number of pyridine rings is 1. The molecule has 1 aliphatic heterocycles. The highest BCUT2D eigenvalue weighted by Crippen LogP contribution is 2.21. The van der Waals surface area contributed by atoms with E-state index in [2.05, 4.69) is 20.0 Å². The Bertz CT molecular complexity index is 848. The number of hydrogen-bond donors (Lipinski definition) is 0. The largest absolute Gasteiger partial charge is 0.381 e. The molecule has 0 aliphatic carbocycles. The normalized spacial score (nSPS) is 15.3. The fourth-order valence-corrected chi connectivity index (χ4v) is 3.29. The predicted molar refractivity (Wildman–Crippen MR) is 97.0 cm³/mol. The first-order valence-electron chi connectivity index (χ1n) is 9.07. The summed E-state index contributed by atoms with van der Waals surface area (Å²) >= 11 is 0. The summed E-state index contributed by atoms with van der Waals surface area (Å²) in [5.74, 6) is 0.864. The van der Waals surface area contributed by atoms with Crippen LogP contribution in [0.1, 0.15) is 24.3 Å². The Morgan fingerprint density at radius 3 is 2.63 bits per heavy atom. The fourth-order valence-electron chi connectivity index (χ4n) is 3.29. The first-order valence-corrected chi connectivity index (χ1v) is 9.07. The quantitative estimate of drug-likeness (QED) is 0.664. The third-order valence-electron chi connectivity index (χ3n) is 4.73. The summed E-state index contributed by atoms with van der Waals surface area (Å²) in [5, 5.41) is 4.08. The van der Waals surface area contributed by atoms with Gasteiger partial charge >= 0.3 is 0 Å². The number of halogens is 1. The maximum absolute atomic E-state index is 13.2. The molecule has 0 amide bonds. The number of rotatable bonds is 6. The fraction of sp³-hybridized carbons (Fsp3) is 0.350. The maximum Gasteiger partial charge on any atom is 0.241 e. The molecule has 6 nitrogen and oxygen atoms in total. The van der Waals surface area contributed by atoms with E-state index in [1.54, 1.807) is 12.4 Å². The molecule has 27 heavy (non-hydrogen) atoms. The highest BCUT2D eigenvalue weighted by Gasteiger charge is 2.24. The van der Waals surface area contributed by atoms with Gasteiger partial charge in [-0.05, 0) is 42.7 Å². The molecule has 0 atom stereocenters. The second kappa shape index (κ2) is 8.37. The van der Waals surface area contributed by atoms with Crippen molar-refractivity contribution in [3.05, 3.63) is 66.1 Å². The number of ether oxygens (including phenoxy) is 1. The summed E-state index contributed by atoms with van der Waals surface area (Å²) in [7, 11) is 0. The molecule has 0 bridgehead atoms. The number of aromatic nitrogens is 3. The van der Waals surface area contributed by atoms with Crippen LogP contribution in [-0.2, 0) is 17.8 Å². The lowest BCUT2D eigenvalue weighted by Gasteiger charge is -2.33. The Balaban J connectivity index is 1.51. The van der Waals surface area contributed by atoms with Crippen molar-refractivity contribution in [1.82, 2.24) is 20.0 Å². The van der Waals surface area contributed by atoms with E-state index >= 15 is 0 Å². The van der Waals surface area contributed by atoms with Gasteiger partial charge in [0, 0.05) is 43.8 Å². The Labute approximate surface area is 157 Å². The lowest BCUT2D eigenvalue weighted by Crippen LogP contribution is -2.38. The summed E-state index contributed by atoms with van der Waals surface area (Å²) in [6, 6.07) is 10.7. The molecular formula is C20H21FN4O2. The molecule has 1 fully saturated rings. The van der Waals surface area contributed by atoms with Crippen molar-refractivity contribution in [3.8, 4) is 11.4 Å². The summed E-state index contributed by atoms with van der Waals surface area (Å²) in [4.78, 5) is 10.9. The highest BCUT2D eigenvalue weighted by molar-refractivity contribution is 5.51. The molecule has 0 saturated carbocycles. The van der Waals surface area contributed by atoms with Crippen LogP contribution in [0.5, 0.6) is 0 Å². The monoisotopic (exact) mass is 368 g/mol. The van der Waals surface area contributed by atoms with Crippen LogP contribution in [0.15, 0.2) is 53.3 Å². The Morgan fingerprint density at radius 1 is 1.07 bits per heavy atom. The average Bonchev–Trinajstić information content (AvgIpc) is 3.19. The van der Waals surface area contributed by atoms with Gasteiger partial charge in [0.2, 0.25) is 11.7 Å². The molecule has 1 aliphatic rings. The van der Waals surface area contributed by atoms with Crippen LogP contribution in [0.4, 0.5) is 4.39 Å². The molecule has 7 heteroatoms. The van der Waals surface area contributed by atoms with Crippen LogP contribution in [-0.4, -0.2) is 39.3 Å². The van der Waals surface area contributed by atoms with Gasteiger partial charge in [0.15, 0.2) is 0 Å². The smallest absolute Gasteiger partial charge is 0.241 e. The Morgan fingerprint density at radius 2 is 1.89 bits per heavy atom. The molecule has 0 N–H and O–H groups in total. The zero-order valence-corrected chi connectivity index (χ0v) is 14.9. The van der Waals surface area contributed by atoms with E-state index in [0.717, 1.165) is 37.2 Å². The van der Waals surface area contributed by atoms with Gasteiger partial charge in [0.25, 0.3) is 0 Å². The van der Waals surface area contributed by atoms with E-state index in [0.29, 0.717) is 30.8 Å². The van der Waals surface area contributed by atoms with E-state index in [9.17, 15) is 4.39 Å². The van der Waals surface area contributed by atoms with E-state index in [4.69, 9.17) is 9.26 Å². The molecule has 4 rings (SSSR count). The second-order valence-corrected chi connectivity index (χ2v) is 6.63. The molecule has 2 aromatic heterocycles. The third kappa shape index (κ3) is 4.56. The van der Waals surface area contributed by atoms with Crippen molar-refractivity contribution in [1.29, 1.82) is 0 Å². The van der Waals surface area contributed by atoms with Crippen LogP contribution in [0.25, 0.3) is 11.4 Å². The molecule has 1 saturated heterocycles. The van der Waals surface area contributed by atoms with Gasteiger partial charge in [-0.15, -0.1) is 0 Å². The van der Waals surface area contributed by atoms with Gasteiger partial charge in [-0.2, -0.15) is 4.98 Å². The standard InChI is InChI=1S/C20H21FN4O2/c21-17-5-3-15(4-6-17)13-25(18-7-10-26-11-8-18)14-19-23-20(24-27-19)16-2-1-9-22-12-16/h1-6,9,12,18H,7-8,10-11,13-14H2. The first-order chi connectivity index (χ1) is 13.3. The maximum atomic E-state index is 13.2. The predicted octanol–water partition coefficient (Wildman–Crippen LogP) is 3.45. The topological polar surface area (TPSA) is 64.3 Å². The van der Waals surface area contributed by atoms with Crippen molar-refractivity contribution in [3.63, 3.8) is 0 Å². The lowest BCUT2D eigenvalue weighted by molar-refractivity contribution is 0.0239. The Hall–Kier alpha value is -2.64. The van der Waals surface area contributed by atoms with E-state index in [-0.39, 0.29) is 5.82 Å². The Kier molecular flexibility index (Phi) is 5.50. The molecular weight excluding hydrogens is 347 g/mol. The molecule has 0 radical (unpaired) electrons. The van der Waals surface area contributed by atoms with E-state index in [1.807, 2.05) is 24.3 Å². The average molecular weight is 368 g/mol. The minimum atomic E-state index is -0.227. The van der Waals surface area contributed by atoms with Crippen LogP contribution in [0.2, 0.25) is 0 Å². The van der Waals surface area contributed by atoms with Crippen LogP contribution in [0, 0.1) is 5.82 Å². The summed E-state index contributed by atoms with van der Waals surface area (Å²) < 4.78 is 24.2. The second-order valence-electron chi connectivity index (χ2n) is 6.63. The first kappa shape index (κ1) is 17.8. The van der Waals surface area contributed by atoms with Crippen molar-refractivity contribution in [2.75, 3.05) is 13.2 Å². The van der Waals surface area contributed by atoms with Crippen molar-refractivity contribution >= 4 is 0 Å². The van der Waals surface area contributed by atoms with E-state index in [1.165, 1.54) is 12.1 Å². The zero-order valence-electron chi connectivity index (χ0n) is 14.9. The molecule has 1 aromatic carbocycles. The van der Waals surface area contributed by atoms with Gasteiger partial charge in [0.05, 0.1) is 6.54 Å². The summed E-state index contributed by atoms with van der Waals surface area (Å²) in [6.07, 6.45) is 5.32. The van der Waals surface area contributed by atoms with Crippen LogP contribution in [0.3, 0.4) is 0 Å². The lowest BCUT2D eigenvalue weighted by atomic mass is 10.1. The number of benzene rings is 1. The highest BCUT2D eigenvalue weighted by atomic mass is 19.1. The zero-order chi connectivity index (χ0) is 18.5. The van der Waals surface area contributed by atoms with E-state index < -0.39 is 0 Å². The molecule has 3 heterocycles. The molecule has 3 aromatic rings. The van der Waals surface area contributed by atoms with Crippen LogP contribution >= 0.6 is 0 Å². The third-order valence-corrected chi connectivity index (χ3v) is 4.73. The molecule has 0 unspecified atom stereocenters.